The number of methoxy groups -OCH3 is 1. The molecule has 8 heteroatoms. The number of aromatic nitrogens is 1. The second-order valence-electron chi connectivity index (χ2n) is 4.93. The number of nitrogens with one attached hydrogen (secondary N) is 2. The standard InChI is InChI=1S/C16H18N4O3S/c1-23-9-8-20-24(21,22)15-5-2-13(3-6-15)11-18-16-7-4-14(10-17)12-19-16/h2-7,12,20H,8-9,11H2,1H3,(H,18,19). The van der Waals surface area contributed by atoms with E-state index < -0.39 is 10.0 Å². The SMILES string of the molecule is COCCNS(=O)(=O)c1ccc(CNc2ccc(C#N)cn2)cc1. The van der Waals surface area contributed by atoms with Gasteiger partial charge in [0, 0.05) is 26.4 Å². The van der Waals surface area contributed by atoms with E-state index >= 15 is 0 Å². The lowest BCUT2D eigenvalue weighted by Gasteiger charge is -2.08. The Hall–Kier alpha value is -2.47. The zero-order chi connectivity index (χ0) is 17.4. The number of hydrogen-bond donors (Lipinski definition) is 2. The summed E-state index contributed by atoms with van der Waals surface area (Å²) in [6.07, 6.45) is 1.49. The second kappa shape index (κ2) is 8.40. The van der Waals surface area contributed by atoms with Gasteiger partial charge in [-0.25, -0.2) is 18.1 Å². The van der Waals surface area contributed by atoms with Crippen molar-refractivity contribution in [2.75, 3.05) is 25.6 Å². The number of nitriles is 1. The van der Waals surface area contributed by atoms with Gasteiger partial charge in [0.25, 0.3) is 0 Å². The summed E-state index contributed by atoms with van der Waals surface area (Å²) in [5.41, 5.74) is 1.41. The first-order valence-corrected chi connectivity index (χ1v) is 8.71. The monoisotopic (exact) mass is 346 g/mol. The number of nitrogens with zero attached hydrogens (tertiary/aromatic N) is 2. The van der Waals surface area contributed by atoms with Crippen LogP contribution in [-0.2, 0) is 21.3 Å². The second-order valence-corrected chi connectivity index (χ2v) is 6.70. The molecule has 0 amide bonds. The maximum atomic E-state index is 12.0. The van der Waals surface area contributed by atoms with Crippen molar-refractivity contribution in [3.05, 3.63) is 53.7 Å². The maximum absolute atomic E-state index is 12.0. The molecule has 1 aromatic heterocycles. The summed E-state index contributed by atoms with van der Waals surface area (Å²) < 4.78 is 31.4. The van der Waals surface area contributed by atoms with E-state index in [1.54, 1.807) is 36.4 Å². The summed E-state index contributed by atoms with van der Waals surface area (Å²) in [6, 6.07) is 12.0. The largest absolute Gasteiger partial charge is 0.383 e. The Labute approximate surface area is 141 Å². The third-order valence-corrected chi connectivity index (χ3v) is 4.68. The minimum absolute atomic E-state index is 0.207. The summed E-state index contributed by atoms with van der Waals surface area (Å²) in [4.78, 5) is 4.32. The molecule has 0 radical (unpaired) electrons. The number of rotatable bonds is 8. The van der Waals surface area contributed by atoms with Gasteiger partial charge in [0.2, 0.25) is 10.0 Å². The lowest BCUT2D eigenvalue weighted by molar-refractivity contribution is 0.204. The lowest BCUT2D eigenvalue weighted by Crippen LogP contribution is -2.27. The van der Waals surface area contributed by atoms with Gasteiger partial charge in [-0.15, -0.1) is 0 Å². The van der Waals surface area contributed by atoms with Crippen LogP contribution in [0.4, 0.5) is 5.82 Å². The van der Waals surface area contributed by atoms with Crippen molar-refractivity contribution >= 4 is 15.8 Å². The minimum Gasteiger partial charge on any atom is -0.383 e. The normalized spacial score (nSPS) is 11.0. The molecule has 2 N–H and O–H groups in total. The molecular formula is C16H18N4O3S. The average Bonchev–Trinajstić information content (AvgIpc) is 2.61. The average molecular weight is 346 g/mol. The summed E-state index contributed by atoms with van der Waals surface area (Å²) in [6.45, 7) is 1.04. The van der Waals surface area contributed by atoms with Crippen molar-refractivity contribution in [1.29, 1.82) is 5.26 Å². The third kappa shape index (κ3) is 5.03. The zero-order valence-corrected chi connectivity index (χ0v) is 14.0. The Bertz CT molecular complexity index is 797. The molecule has 0 bridgehead atoms. The molecule has 1 heterocycles. The fourth-order valence-corrected chi connectivity index (χ4v) is 2.92. The van der Waals surface area contributed by atoms with Gasteiger partial charge in [-0.05, 0) is 29.8 Å². The Morgan fingerprint density at radius 3 is 2.54 bits per heavy atom. The number of sulfonamides is 1. The molecule has 0 atom stereocenters. The van der Waals surface area contributed by atoms with E-state index in [9.17, 15) is 8.42 Å². The van der Waals surface area contributed by atoms with Gasteiger partial charge in [0.05, 0.1) is 17.1 Å². The maximum Gasteiger partial charge on any atom is 0.240 e. The fraction of sp³-hybridized carbons (Fsp3) is 0.250. The topological polar surface area (TPSA) is 104 Å². The molecule has 0 spiro atoms. The molecule has 126 valence electrons. The van der Waals surface area contributed by atoms with Crippen LogP contribution in [0.25, 0.3) is 0 Å². The Kier molecular flexibility index (Phi) is 6.26. The van der Waals surface area contributed by atoms with Gasteiger partial charge in [0.1, 0.15) is 11.9 Å². The van der Waals surface area contributed by atoms with Gasteiger partial charge in [-0.1, -0.05) is 12.1 Å². The first kappa shape index (κ1) is 17.9. The van der Waals surface area contributed by atoms with Crippen LogP contribution in [0.2, 0.25) is 0 Å². The molecule has 0 aliphatic heterocycles. The molecule has 0 saturated carbocycles. The molecule has 0 aliphatic carbocycles. The predicted octanol–water partition coefficient (Wildman–Crippen LogP) is 1.49. The first-order chi connectivity index (χ1) is 11.5. The number of pyridine rings is 1. The van der Waals surface area contributed by atoms with E-state index in [1.165, 1.54) is 13.3 Å². The number of hydrogen-bond acceptors (Lipinski definition) is 6. The van der Waals surface area contributed by atoms with Crippen LogP contribution in [0.5, 0.6) is 0 Å². The van der Waals surface area contributed by atoms with Crippen molar-refractivity contribution in [3.8, 4) is 6.07 Å². The molecule has 2 aromatic rings. The Balaban J connectivity index is 1.95. The van der Waals surface area contributed by atoms with Crippen molar-refractivity contribution in [1.82, 2.24) is 9.71 Å². The molecule has 1 aromatic carbocycles. The molecular weight excluding hydrogens is 328 g/mol. The van der Waals surface area contributed by atoms with Gasteiger partial charge >= 0.3 is 0 Å². The highest BCUT2D eigenvalue weighted by Gasteiger charge is 2.12. The predicted molar refractivity (Wildman–Crippen MR) is 89.8 cm³/mol. The smallest absolute Gasteiger partial charge is 0.240 e. The van der Waals surface area contributed by atoms with Crippen molar-refractivity contribution in [2.45, 2.75) is 11.4 Å². The van der Waals surface area contributed by atoms with E-state index in [-0.39, 0.29) is 11.4 Å². The number of anilines is 1. The Morgan fingerprint density at radius 2 is 1.96 bits per heavy atom. The minimum atomic E-state index is -3.52. The highest BCUT2D eigenvalue weighted by Crippen LogP contribution is 2.12. The van der Waals surface area contributed by atoms with Gasteiger partial charge < -0.3 is 10.1 Å². The molecule has 0 unspecified atom stereocenters. The highest BCUT2D eigenvalue weighted by atomic mass is 32.2. The van der Waals surface area contributed by atoms with Crippen LogP contribution in [0.15, 0.2) is 47.5 Å². The molecule has 0 saturated heterocycles. The summed E-state index contributed by atoms with van der Waals surface area (Å²) in [5.74, 6) is 0.645. The number of benzene rings is 1. The molecule has 24 heavy (non-hydrogen) atoms. The van der Waals surface area contributed by atoms with Gasteiger partial charge in [0.15, 0.2) is 0 Å². The Morgan fingerprint density at radius 1 is 1.21 bits per heavy atom. The summed E-state index contributed by atoms with van der Waals surface area (Å²) >= 11 is 0. The van der Waals surface area contributed by atoms with Crippen LogP contribution in [0.3, 0.4) is 0 Å². The van der Waals surface area contributed by atoms with Crippen LogP contribution in [0, 0.1) is 11.3 Å². The van der Waals surface area contributed by atoms with Crippen LogP contribution in [-0.4, -0.2) is 33.7 Å². The lowest BCUT2D eigenvalue weighted by atomic mass is 10.2. The van der Waals surface area contributed by atoms with Crippen molar-refractivity contribution in [3.63, 3.8) is 0 Å². The van der Waals surface area contributed by atoms with E-state index in [4.69, 9.17) is 10.00 Å². The molecule has 0 aliphatic rings. The van der Waals surface area contributed by atoms with Crippen LogP contribution >= 0.6 is 0 Å². The van der Waals surface area contributed by atoms with Crippen molar-refractivity contribution < 1.29 is 13.2 Å². The highest BCUT2D eigenvalue weighted by molar-refractivity contribution is 7.89. The van der Waals surface area contributed by atoms with E-state index in [0.717, 1.165) is 5.56 Å². The quantitative estimate of drug-likeness (QED) is 0.702. The molecule has 0 fully saturated rings. The van der Waals surface area contributed by atoms with Crippen molar-refractivity contribution in [2.24, 2.45) is 0 Å². The van der Waals surface area contributed by atoms with E-state index in [1.807, 2.05) is 6.07 Å². The van der Waals surface area contributed by atoms with Crippen LogP contribution < -0.4 is 10.0 Å². The molecule has 7 nitrogen and oxygen atoms in total. The van der Waals surface area contributed by atoms with Crippen LogP contribution in [0.1, 0.15) is 11.1 Å². The zero-order valence-electron chi connectivity index (χ0n) is 13.2. The van der Waals surface area contributed by atoms with Gasteiger partial charge in [-0.3, -0.25) is 0 Å². The van der Waals surface area contributed by atoms with E-state index in [0.29, 0.717) is 24.5 Å². The third-order valence-electron chi connectivity index (χ3n) is 3.20. The van der Waals surface area contributed by atoms with E-state index in [2.05, 4.69) is 15.0 Å². The summed E-state index contributed by atoms with van der Waals surface area (Å²) in [5, 5.41) is 11.8. The molecule has 2 rings (SSSR count). The fourth-order valence-electron chi connectivity index (χ4n) is 1.91. The van der Waals surface area contributed by atoms with Gasteiger partial charge in [-0.2, -0.15) is 5.26 Å². The number of ether oxygens (including phenoxy) is 1. The first-order valence-electron chi connectivity index (χ1n) is 7.23. The summed E-state index contributed by atoms with van der Waals surface area (Å²) in [7, 11) is -2.00.